The van der Waals surface area contributed by atoms with Crippen molar-refractivity contribution in [2.24, 2.45) is 0 Å². The first-order chi connectivity index (χ1) is 0. The molecule has 0 rings (SSSR count). The van der Waals surface area contributed by atoms with Crippen LogP contribution in [0.2, 0.25) is 0 Å². The van der Waals surface area contributed by atoms with Crippen molar-refractivity contribution in [1.82, 2.24) is 0 Å². The van der Waals surface area contributed by atoms with Gasteiger partial charge in [-0.3, -0.25) is 0 Å². The summed E-state index contributed by atoms with van der Waals surface area (Å²) in [6.45, 7) is 0. The fraction of sp³-hybridized carbons (Fsp3) is 0. The standard InChI is InChI=1S/Cu.Mg.Zn.Zr.2H. The molecule has 0 heterocycles. The van der Waals surface area contributed by atoms with Gasteiger partial charge >= 0.3 is 23.1 Å². The van der Waals surface area contributed by atoms with Crippen molar-refractivity contribution in [2.75, 3.05) is 0 Å². The van der Waals surface area contributed by atoms with E-state index >= 15 is 0 Å². The van der Waals surface area contributed by atoms with Gasteiger partial charge in [0.15, 0.2) is 0 Å². The first-order valence-electron chi connectivity index (χ1n) is 0. The van der Waals surface area contributed by atoms with Crippen LogP contribution in [0.15, 0.2) is 0 Å². The number of hydrogen-bond donors (Lipinski definition) is 0. The van der Waals surface area contributed by atoms with Crippen LogP contribution in [0.1, 0.15) is 0 Å². The fourth-order valence-electron chi connectivity index (χ4n) is 0. The van der Waals surface area contributed by atoms with Crippen molar-refractivity contribution in [3.63, 3.8) is 0 Å². The molecule has 0 aromatic heterocycles. The summed E-state index contributed by atoms with van der Waals surface area (Å²) < 4.78 is 0. The molecule has 0 saturated carbocycles. The van der Waals surface area contributed by atoms with Gasteiger partial charge in [-0.1, -0.05) is 0 Å². The molecule has 4 heavy (non-hydrogen) atoms. The molecule has 0 bridgehead atoms. The SMILES string of the molecule is [Cu].[MgH2].[Zn].[Zr]. The Balaban J connectivity index is 0. The van der Waals surface area contributed by atoms with Gasteiger partial charge in [-0.2, -0.15) is 0 Å². The summed E-state index contributed by atoms with van der Waals surface area (Å²) in [6, 6.07) is 0. The third-order valence-corrected chi connectivity index (χ3v) is 0. The quantitative estimate of drug-likeness (QED) is 0.485. The summed E-state index contributed by atoms with van der Waals surface area (Å²) in [4.78, 5) is 0. The summed E-state index contributed by atoms with van der Waals surface area (Å²) in [5.41, 5.74) is 0. The van der Waals surface area contributed by atoms with Crippen LogP contribution < -0.4 is 0 Å². The summed E-state index contributed by atoms with van der Waals surface area (Å²) >= 11 is 0. The second-order valence-electron chi connectivity index (χ2n) is 0. The van der Waals surface area contributed by atoms with Gasteiger partial charge in [-0.25, -0.2) is 0 Å². The van der Waals surface area contributed by atoms with Gasteiger partial charge in [-0.05, 0) is 0 Å². The molecule has 0 aromatic rings. The summed E-state index contributed by atoms with van der Waals surface area (Å²) in [7, 11) is 0. The van der Waals surface area contributed by atoms with Crippen LogP contribution in [0.5, 0.6) is 0 Å². The first-order valence-corrected chi connectivity index (χ1v) is 0. The van der Waals surface area contributed by atoms with Crippen molar-refractivity contribution in [3.8, 4) is 0 Å². The van der Waals surface area contributed by atoms with Crippen molar-refractivity contribution in [1.29, 1.82) is 0 Å². The minimum absolute atomic E-state index is 0. The monoisotopic (exact) mass is 243 g/mol. The van der Waals surface area contributed by atoms with Crippen LogP contribution in [-0.4, -0.2) is 23.1 Å². The van der Waals surface area contributed by atoms with Crippen molar-refractivity contribution in [3.05, 3.63) is 0 Å². The van der Waals surface area contributed by atoms with Gasteiger partial charge in [0.25, 0.3) is 0 Å². The smallest absolute Gasteiger partial charge is 0 e. The van der Waals surface area contributed by atoms with E-state index in [0.29, 0.717) is 0 Å². The van der Waals surface area contributed by atoms with E-state index in [1.807, 2.05) is 0 Å². The minimum atomic E-state index is 0. The average Bonchev–Trinajstić information content (AvgIpc) is 0. The molecule has 0 amide bonds. The molecule has 21 valence electrons. The van der Waals surface area contributed by atoms with Gasteiger partial charge in [0.2, 0.25) is 0 Å². The van der Waals surface area contributed by atoms with Crippen molar-refractivity contribution in [2.45, 2.75) is 0 Å². The minimum Gasteiger partial charge on any atom is 0 e. The van der Waals surface area contributed by atoms with Gasteiger partial charge in [-0.15, -0.1) is 0 Å². The zero-order valence-electron chi connectivity index (χ0n) is 1.51. The second kappa shape index (κ2) is 17.1. The zero-order valence-corrected chi connectivity index (χ0v) is 7.88. The Hall–Kier alpha value is 2.79. The predicted octanol–water partition coefficient (Wildman–Crippen LogP) is -0.924. The largest absolute Gasteiger partial charge is 0.316 e. The van der Waals surface area contributed by atoms with Crippen LogP contribution in [0.3, 0.4) is 0 Å². The summed E-state index contributed by atoms with van der Waals surface area (Å²) in [5, 5.41) is 0. The molecule has 1 radical (unpaired) electrons. The Morgan fingerprint density at radius 3 is 1.00 bits per heavy atom. The van der Waals surface area contributed by atoms with Gasteiger partial charge in [0.1, 0.15) is 0 Å². The number of hydrogen-bond acceptors (Lipinski definition) is 0. The van der Waals surface area contributed by atoms with E-state index in [1.165, 1.54) is 0 Å². The molecule has 0 spiro atoms. The Bertz CT molecular complexity index is 8.00. The van der Waals surface area contributed by atoms with Crippen LogP contribution >= 0.6 is 0 Å². The van der Waals surface area contributed by atoms with Crippen molar-refractivity contribution < 1.29 is 62.8 Å². The number of rotatable bonds is 0. The van der Waals surface area contributed by atoms with E-state index in [0.717, 1.165) is 0 Å². The molecule has 0 fully saturated rings. The zero-order chi connectivity index (χ0) is 0. The topological polar surface area (TPSA) is 0 Å². The maximum absolute atomic E-state index is 0. The van der Waals surface area contributed by atoms with E-state index in [2.05, 4.69) is 0 Å². The van der Waals surface area contributed by atoms with Crippen LogP contribution in [0, 0.1) is 0 Å². The Morgan fingerprint density at radius 1 is 1.00 bits per heavy atom. The van der Waals surface area contributed by atoms with E-state index in [-0.39, 0.29) is 85.8 Å². The van der Waals surface area contributed by atoms with Crippen LogP contribution in [0.25, 0.3) is 0 Å². The summed E-state index contributed by atoms with van der Waals surface area (Å²) in [5.74, 6) is 0. The molecule has 0 unspecified atom stereocenters. The van der Waals surface area contributed by atoms with E-state index in [9.17, 15) is 0 Å². The molecule has 4 heteroatoms. The average molecular weight is 246 g/mol. The molecule has 0 aliphatic carbocycles. The molecule has 0 aliphatic heterocycles. The molecular formula is H2CuMgZnZr. The Morgan fingerprint density at radius 2 is 1.00 bits per heavy atom. The Labute approximate surface area is 84.4 Å². The third kappa shape index (κ3) is 8.84. The molecule has 0 aliphatic rings. The normalized spacial score (nSPS) is 0. The van der Waals surface area contributed by atoms with E-state index in [1.54, 1.807) is 0 Å². The predicted molar refractivity (Wildman–Crippen MR) is 8.54 cm³/mol. The van der Waals surface area contributed by atoms with Crippen molar-refractivity contribution >= 4 is 23.1 Å². The molecule has 0 saturated heterocycles. The molecule has 0 nitrogen and oxygen atoms in total. The van der Waals surface area contributed by atoms with Gasteiger partial charge in [0.05, 0.1) is 0 Å². The van der Waals surface area contributed by atoms with Gasteiger partial charge in [0, 0.05) is 62.8 Å². The summed E-state index contributed by atoms with van der Waals surface area (Å²) in [6.07, 6.45) is 0. The maximum Gasteiger partial charge on any atom is 0.316 e. The van der Waals surface area contributed by atoms with Gasteiger partial charge < -0.3 is 0 Å². The molecular weight excluding hydrogens is 244 g/mol. The maximum atomic E-state index is 0. The molecule has 0 N–H and O–H groups in total. The van der Waals surface area contributed by atoms with Crippen LogP contribution in [-0.2, 0) is 62.8 Å². The fourth-order valence-corrected chi connectivity index (χ4v) is 0. The second-order valence-corrected chi connectivity index (χ2v) is 0. The van der Waals surface area contributed by atoms with E-state index < -0.39 is 0 Å². The molecule has 0 aromatic carbocycles. The van der Waals surface area contributed by atoms with E-state index in [4.69, 9.17) is 0 Å². The molecule has 0 atom stereocenters. The first kappa shape index (κ1) is 29.2. The van der Waals surface area contributed by atoms with Crippen LogP contribution in [0.4, 0.5) is 0 Å². The Kier molecular flexibility index (Phi) is 125. The third-order valence-electron chi connectivity index (χ3n) is 0.